The van der Waals surface area contributed by atoms with Gasteiger partial charge in [-0.25, -0.2) is 8.42 Å². The van der Waals surface area contributed by atoms with E-state index in [0.29, 0.717) is 11.6 Å². The van der Waals surface area contributed by atoms with Crippen LogP contribution in [0.1, 0.15) is 0 Å². The van der Waals surface area contributed by atoms with Crippen LogP contribution in [0.4, 0.5) is 5.69 Å². The number of anilines is 1. The highest BCUT2D eigenvalue weighted by Gasteiger charge is 2.37. The first-order chi connectivity index (χ1) is 11.8. The van der Waals surface area contributed by atoms with Crippen molar-refractivity contribution in [3.63, 3.8) is 0 Å². The Morgan fingerprint density at radius 1 is 1.28 bits per heavy atom. The number of alkyl halides is 1. The summed E-state index contributed by atoms with van der Waals surface area (Å²) < 4.78 is 23.1. The molecule has 0 unspecified atom stereocenters. The van der Waals surface area contributed by atoms with Crippen molar-refractivity contribution in [3.8, 4) is 0 Å². The molecule has 1 amide bonds. The Labute approximate surface area is 158 Å². The van der Waals surface area contributed by atoms with E-state index >= 15 is 0 Å². The monoisotopic (exact) mass is 406 g/mol. The highest BCUT2D eigenvalue weighted by atomic mass is 35.5. The summed E-state index contributed by atoms with van der Waals surface area (Å²) in [5, 5.41) is 2.96. The van der Waals surface area contributed by atoms with Crippen molar-refractivity contribution in [1.29, 1.82) is 0 Å². The van der Waals surface area contributed by atoms with Gasteiger partial charge in [0.1, 0.15) is 0 Å². The molecule has 0 aromatic heterocycles. The van der Waals surface area contributed by atoms with E-state index in [2.05, 4.69) is 10.2 Å². The Morgan fingerprint density at radius 3 is 2.60 bits per heavy atom. The maximum absolute atomic E-state index is 12.2. The van der Waals surface area contributed by atoms with Crippen LogP contribution in [0.2, 0.25) is 5.02 Å². The van der Waals surface area contributed by atoms with Crippen molar-refractivity contribution in [2.24, 2.45) is 0 Å². The number of rotatable bonds is 4. The topological polar surface area (TPSA) is 70.9 Å². The van der Waals surface area contributed by atoms with Gasteiger partial charge in [-0.1, -0.05) is 17.7 Å². The van der Waals surface area contributed by atoms with Crippen LogP contribution in [0, 0.1) is 0 Å². The third kappa shape index (κ3) is 5.00. The number of benzene rings is 1. The lowest BCUT2D eigenvalue weighted by atomic mass is 10.2. The predicted octanol–water partition coefficient (Wildman–Crippen LogP) is -0.434. The molecule has 0 bridgehead atoms. The quantitative estimate of drug-likeness (QED) is 0.665. The molecule has 1 aromatic carbocycles. The molecule has 9 heteroatoms. The van der Waals surface area contributed by atoms with Crippen LogP contribution in [0.15, 0.2) is 24.3 Å². The van der Waals surface area contributed by atoms with Crippen molar-refractivity contribution in [1.82, 2.24) is 5.32 Å². The molecule has 0 spiro atoms. The van der Waals surface area contributed by atoms with Gasteiger partial charge in [0.15, 0.2) is 16.4 Å². The Bertz CT molecular complexity index is 736. The van der Waals surface area contributed by atoms with E-state index < -0.39 is 21.3 Å². The van der Waals surface area contributed by atoms with Gasteiger partial charge >= 0.3 is 0 Å². The Kier molecular flexibility index (Phi) is 5.78. The third-order valence-electron chi connectivity index (χ3n) is 4.68. The largest absolute Gasteiger partial charge is 0.360 e. The van der Waals surface area contributed by atoms with Crippen LogP contribution in [-0.2, 0) is 14.6 Å². The summed E-state index contributed by atoms with van der Waals surface area (Å²) in [4.78, 5) is 15.6. The summed E-state index contributed by atoms with van der Waals surface area (Å²) in [5.74, 6) is -0.269. The summed E-state index contributed by atoms with van der Waals surface area (Å²) in [5.41, 5.74) is 1.09. The maximum atomic E-state index is 12.2. The molecule has 3 rings (SSSR count). The van der Waals surface area contributed by atoms with E-state index in [0.717, 1.165) is 31.9 Å². The summed E-state index contributed by atoms with van der Waals surface area (Å²) in [6.07, 6.45) is 0. The Hall–Kier alpha value is -1.02. The molecule has 0 radical (unpaired) electrons. The molecule has 2 heterocycles. The van der Waals surface area contributed by atoms with Crippen molar-refractivity contribution in [2.45, 2.75) is 11.4 Å². The molecule has 2 N–H and O–H groups in total. The summed E-state index contributed by atoms with van der Waals surface area (Å²) in [6.45, 7) is 3.71. The fourth-order valence-electron chi connectivity index (χ4n) is 3.35. The molecule has 2 fully saturated rings. The highest BCUT2D eigenvalue weighted by Crippen LogP contribution is 2.19. The van der Waals surface area contributed by atoms with Crippen molar-refractivity contribution in [2.75, 3.05) is 49.1 Å². The Morgan fingerprint density at radius 2 is 2.00 bits per heavy atom. The van der Waals surface area contributed by atoms with Gasteiger partial charge in [-0.2, -0.15) is 0 Å². The van der Waals surface area contributed by atoms with E-state index in [-0.39, 0.29) is 17.4 Å². The lowest BCUT2D eigenvalue weighted by molar-refractivity contribution is -0.892. The second-order valence-corrected chi connectivity index (χ2v) is 9.81. The van der Waals surface area contributed by atoms with Crippen molar-refractivity contribution >= 4 is 44.6 Å². The number of piperazine rings is 1. The van der Waals surface area contributed by atoms with Crippen LogP contribution in [0.3, 0.4) is 0 Å². The van der Waals surface area contributed by atoms with Gasteiger partial charge in [0.2, 0.25) is 0 Å². The number of amides is 1. The first-order valence-electron chi connectivity index (χ1n) is 8.30. The van der Waals surface area contributed by atoms with Gasteiger partial charge in [-0.3, -0.25) is 4.79 Å². The lowest BCUT2D eigenvalue weighted by Gasteiger charge is -2.33. The second-order valence-electron chi connectivity index (χ2n) is 6.66. The SMILES string of the molecule is O=C(C[NH+]1CCN(c2cccc(Cl)c2)CC1)N[C@H]1CS(=O)(=O)C[C@H]1Cl. The number of hydrogen-bond donors (Lipinski definition) is 2. The van der Waals surface area contributed by atoms with Gasteiger partial charge in [0.05, 0.1) is 49.1 Å². The fourth-order valence-corrected chi connectivity index (χ4v) is 6.09. The molecular weight excluding hydrogens is 385 g/mol. The number of carbonyl (C=O) groups excluding carboxylic acids is 1. The average molecular weight is 407 g/mol. The third-order valence-corrected chi connectivity index (χ3v) is 7.29. The van der Waals surface area contributed by atoms with Gasteiger partial charge in [0, 0.05) is 10.7 Å². The first kappa shape index (κ1) is 18.8. The molecule has 25 heavy (non-hydrogen) atoms. The number of quaternary nitrogens is 1. The molecule has 6 nitrogen and oxygen atoms in total. The second kappa shape index (κ2) is 7.70. The molecule has 2 aliphatic heterocycles. The van der Waals surface area contributed by atoms with Gasteiger partial charge in [-0.05, 0) is 18.2 Å². The molecule has 1 aromatic rings. The van der Waals surface area contributed by atoms with E-state index in [1.807, 2.05) is 24.3 Å². The number of hydrogen-bond acceptors (Lipinski definition) is 4. The first-order valence-corrected chi connectivity index (χ1v) is 10.9. The van der Waals surface area contributed by atoms with E-state index in [4.69, 9.17) is 23.2 Å². The summed E-state index contributed by atoms with van der Waals surface area (Å²) in [6, 6.07) is 7.28. The van der Waals surface area contributed by atoms with Crippen molar-refractivity contribution < 1.29 is 18.1 Å². The minimum Gasteiger partial charge on any atom is -0.360 e. The maximum Gasteiger partial charge on any atom is 0.275 e. The van der Waals surface area contributed by atoms with Gasteiger partial charge in [-0.15, -0.1) is 11.6 Å². The number of carbonyl (C=O) groups is 1. The highest BCUT2D eigenvalue weighted by molar-refractivity contribution is 7.91. The number of halogens is 2. The van der Waals surface area contributed by atoms with E-state index in [1.165, 1.54) is 4.90 Å². The molecule has 2 aliphatic rings. The molecule has 0 aliphatic carbocycles. The average Bonchev–Trinajstić information content (AvgIpc) is 2.80. The summed E-state index contributed by atoms with van der Waals surface area (Å²) >= 11 is 12.1. The van der Waals surface area contributed by atoms with E-state index in [1.54, 1.807) is 0 Å². The van der Waals surface area contributed by atoms with Gasteiger partial charge < -0.3 is 15.1 Å². The van der Waals surface area contributed by atoms with Crippen LogP contribution in [0.5, 0.6) is 0 Å². The standard InChI is InChI=1S/C16H21Cl2N3O3S/c17-12-2-1-3-13(8-12)21-6-4-20(5-7-21)9-16(22)19-15-11-25(23,24)10-14(15)18/h1-3,8,14-15H,4-7,9-11H2,(H,19,22)/p+1/t14-,15+/m1/s1. The molecular formula is C16H22Cl2N3O3S+. The molecule has 138 valence electrons. The zero-order valence-electron chi connectivity index (χ0n) is 13.7. The smallest absolute Gasteiger partial charge is 0.275 e. The van der Waals surface area contributed by atoms with Gasteiger partial charge in [0.25, 0.3) is 5.91 Å². The number of sulfone groups is 1. The Balaban J connectivity index is 1.47. The number of nitrogens with one attached hydrogen (secondary N) is 2. The molecule has 2 saturated heterocycles. The zero-order valence-corrected chi connectivity index (χ0v) is 16.1. The van der Waals surface area contributed by atoms with Crippen LogP contribution < -0.4 is 15.1 Å². The zero-order chi connectivity index (χ0) is 18.0. The van der Waals surface area contributed by atoms with Crippen molar-refractivity contribution in [3.05, 3.63) is 29.3 Å². The van der Waals surface area contributed by atoms with Crippen LogP contribution >= 0.6 is 23.2 Å². The normalized spacial score (nSPS) is 26.6. The fraction of sp³-hybridized carbons (Fsp3) is 0.562. The predicted molar refractivity (Wildman–Crippen MR) is 99.5 cm³/mol. The number of nitrogens with zero attached hydrogens (tertiary/aromatic N) is 1. The minimum absolute atomic E-state index is 0.0647. The molecule has 0 saturated carbocycles. The van der Waals surface area contributed by atoms with E-state index in [9.17, 15) is 13.2 Å². The van der Waals surface area contributed by atoms with Crippen LogP contribution in [0.25, 0.3) is 0 Å². The van der Waals surface area contributed by atoms with Crippen LogP contribution in [-0.4, -0.2) is 70.0 Å². The summed E-state index contributed by atoms with van der Waals surface area (Å²) in [7, 11) is -3.14. The lowest BCUT2D eigenvalue weighted by Crippen LogP contribution is -3.16. The molecule has 2 atom stereocenters. The minimum atomic E-state index is -3.14.